The van der Waals surface area contributed by atoms with Crippen molar-refractivity contribution in [1.82, 2.24) is 34.2 Å². The molecule has 0 saturated carbocycles. The molecule has 4 heterocycles. The van der Waals surface area contributed by atoms with Crippen LogP contribution in [0.1, 0.15) is 34.3 Å². The van der Waals surface area contributed by atoms with Gasteiger partial charge in [-0.05, 0) is 43.3 Å². The summed E-state index contributed by atoms with van der Waals surface area (Å²) in [6, 6.07) is 12.2. The molecule has 0 spiro atoms. The Balaban J connectivity index is 1.29. The van der Waals surface area contributed by atoms with E-state index in [1.54, 1.807) is 36.7 Å². The monoisotopic (exact) mass is 606 g/mol. The second-order valence-corrected chi connectivity index (χ2v) is 11.2. The average molecular weight is 607 g/mol. The fraction of sp³-hybridized carbons (Fsp3) is 0.387. The molecule has 0 bridgehead atoms. The fourth-order valence-corrected chi connectivity index (χ4v) is 5.53. The lowest BCUT2D eigenvalue weighted by Gasteiger charge is -2.32. The van der Waals surface area contributed by atoms with Crippen molar-refractivity contribution in [1.29, 1.82) is 0 Å². The third-order valence-electron chi connectivity index (χ3n) is 8.14. The Kier molecular flexibility index (Phi) is 8.21. The first kappa shape index (κ1) is 29.5. The van der Waals surface area contributed by atoms with E-state index in [1.165, 1.54) is 6.07 Å². The number of hydrogen-bond donors (Lipinski definition) is 1. The molecule has 6 rings (SSSR count). The van der Waals surface area contributed by atoms with Crippen LogP contribution in [0.25, 0.3) is 22.6 Å². The number of benzene rings is 2. The molecule has 230 valence electrons. The number of amides is 2. The van der Waals surface area contributed by atoms with Crippen molar-refractivity contribution >= 4 is 28.8 Å². The summed E-state index contributed by atoms with van der Waals surface area (Å²) < 4.78 is 41.7. The lowest BCUT2D eigenvalue weighted by Crippen LogP contribution is -2.47. The van der Waals surface area contributed by atoms with Crippen LogP contribution in [0.15, 0.2) is 54.9 Å². The predicted molar refractivity (Wildman–Crippen MR) is 159 cm³/mol. The number of carbonyl (C=O) groups excluding carboxylic acids is 2. The molecule has 2 saturated heterocycles. The average Bonchev–Trinajstić information content (AvgIpc) is 3.64. The van der Waals surface area contributed by atoms with Gasteiger partial charge in [-0.25, -0.2) is 15.0 Å². The number of fused-ring (bicyclic) bond motifs is 1. The first-order valence-electron chi connectivity index (χ1n) is 14.6. The molecular weight excluding hydrogens is 573 g/mol. The molecule has 1 N–H and O–H groups in total. The van der Waals surface area contributed by atoms with Gasteiger partial charge >= 0.3 is 6.18 Å². The van der Waals surface area contributed by atoms with Gasteiger partial charge < -0.3 is 24.6 Å². The summed E-state index contributed by atoms with van der Waals surface area (Å²) in [6.07, 6.45) is -1.42. The van der Waals surface area contributed by atoms with Crippen LogP contribution in [-0.4, -0.2) is 92.3 Å². The smallest absolute Gasteiger partial charge is 0.364 e. The highest BCUT2D eigenvalue weighted by molar-refractivity contribution is 5.95. The molecule has 2 aliphatic rings. The molecule has 44 heavy (non-hydrogen) atoms. The normalized spacial score (nSPS) is 16.2. The molecular formula is C31H33F3N8O2. The van der Waals surface area contributed by atoms with Gasteiger partial charge in [-0.1, -0.05) is 24.3 Å². The number of nitrogens with zero attached hydrogens (tertiary/aromatic N) is 7. The number of halogens is 3. The maximum atomic E-state index is 13.3. The van der Waals surface area contributed by atoms with Crippen LogP contribution in [-0.2, 0) is 24.1 Å². The van der Waals surface area contributed by atoms with Crippen LogP contribution < -0.4 is 5.32 Å². The maximum Gasteiger partial charge on any atom is 0.416 e. The van der Waals surface area contributed by atoms with Gasteiger partial charge in [0.25, 0.3) is 5.91 Å². The van der Waals surface area contributed by atoms with E-state index in [9.17, 15) is 22.8 Å². The van der Waals surface area contributed by atoms with E-state index in [2.05, 4.69) is 15.2 Å². The first-order valence-corrected chi connectivity index (χ1v) is 14.6. The molecule has 2 amide bonds. The lowest BCUT2D eigenvalue weighted by molar-refractivity contribution is -0.137. The van der Waals surface area contributed by atoms with Gasteiger partial charge in [-0.15, -0.1) is 0 Å². The number of nitrogens with one attached hydrogen (secondary N) is 1. The number of hydrogen-bond acceptors (Lipinski definition) is 7. The Hall–Kier alpha value is -4.52. The highest BCUT2D eigenvalue weighted by atomic mass is 19.4. The number of alkyl halides is 3. The van der Waals surface area contributed by atoms with Crippen LogP contribution in [0.3, 0.4) is 0 Å². The number of likely N-dealkylation sites (tertiary alicyclic amines) is 1. The Labute approximate surface area is 252 Å². The van der Waals surface area contributed by atoms with Gasteiger partial charge in [0.2, 0.25) is 5.91 Å². The summed E-state index contributed by atoms with van der Waals surface area (Å²) in [7, 11) is 2.04. The van der Waals surface area contributed by atoms with Crippen LogP contribution in [0.5, 0.6) is 0 Å². The quantitative estimate of drug-likeness (QED) is 0.322. The zero-order valence-corrected chi connectivity index (χ0v) is 24.3. The number of aromatic nitrogens is 4. The van der Waals surface area contributed by atoms with E-state index in [-0.39, 0.29) is 18.4 Å². The lowest BCUT2D eigenvalue weighted by atomic mass is 10.1. The van der Waals surface area contributed by atoms with Crippen LogP contribution in [0.4, 0.5) is 19.0 Å². The van der Waals surface area contributed by atoms with E-state index >= 15 is 0 Å². The van der Waals surface area contributed by atoms with Crippen LogP contribution in [0, 0.1) is 0 Å². The molecule has 2 fully saturated rings. The molecule has 0 unspecified atom stereocenters. The highest BCUT2D eigenvalue weighted by Gasteiger charge is 2.30. The molecule has 2 aromatic heterocycles. The second kappa shape index (κ2) is 12.2. The summed E-state index contributed by atoms with van der Waals surface area (Å²) in [5, 5.41) is 3.16. The Morgan fingerprint density at radius 1 is 0.977 bits per heavy atom. The molecule has 10 nitrogen and oxygen atoms in total. The Morgan fingerprint density at radius 3 is 2.45 bits per heavy atom. The fourth-order valence-electron chi connectivity index (χ4n) is 5.53. The number of rotatable bonds is 8. The summed E-state index contributed by atoms with van der Waals surface area (Å²) in [5.74, 6) is 0.844. The first-order chi connectivity index (χ1) is 21.2. The van der Waals surface area contributed by atoms with E-state index < -0.39 is 11.7 Å². The van der Waals surface area contributed by atoms with Crippen molar-refractivity contribution in [2.24, 2.45) is 0 Å². The molecule has 2 aliphatic heterocycles. The van der Waals surface area contributed by atoms with Crippen molar-refractivity contribution < 1.29 is 22.8 Å². The summed E-state index contributed by atoms with van der Waals surface area (Å²) >= 11 is 0. The van der Waals surface area contributed by atoms with Gasteiger partial charge in [-0.3, -0.25) is 9.59 Å². The minimum atomic E-state index is -4.45. The molecule has 0 radical (unpaired) electrons. The number of carbonyl (C=O) groups is 2. The predicted octanol–water partition coefficient (Wildman–Crippen LogP) is 4.13. The minimum absolute atomic E-state index is 0.0287. The zero-order valence-electron chi connectivity index (χ0n) is 24.3. The molecule has 2 aromatic carbocycles. The van der Waals surface area contributed by atoms with Gasteiger partial charge in [0, 0.05) is 69.9 Å². The largest absolute Gasteiger partial charge is 0.416 e. The summed E-state index contributed by atoms with van der Waals surface area (Å²) in [6.45, 7) is 4.79. The van der Waals surface area contributed by atoms with Gasteiger partial charge in [0.05, 0.1) is 11.9 Å². The topological polar surface area (TPSA) is 99.5 Å². The summed E-state index contributed by atoms with van der Waals surface area (Å²) in [4.78, 5) is 45.1. The third kappa shape index (κ3) is 6.37. The third-order valence-corrected chi connectivity index (χ3v) is 8.14. The van der Waals surface area contributed by atoms with E-state index in [1.807, 2.05) is 21.4 Å². The zero-order chi connectivity index (χ0) is 30.8. The SMILES string of the molecule is CN1CCN(C(=O)c2ccc(-c3nc(NCc4cccc(C(F)(F)F)c4)c4ncn(CCN5CCCC5=O)c4n3)cc2)CC1. The van der Waals surface area contributed by atoms with E-state index in [0.29, 0.717) is 78.6 Å². The summed E-state index contributed by atoms with van der Waals surface area (Å²) in [5.41, 5.74) is 1.96. The number of anilines is 1. The number of piperazine rings is 1. The number of likely N-dealkylation sites (N-methyl/N-ethyl adjacent to an activating group) is 1. The highest BCUT2D eigenvalue weighted by Crippen LogP contribution is 2.30. The van der Waals surface area contributed by atoms with Crippen molar-refractivity contribution in [3.05, 3.63) is 71.5 Å². The molecule has 0 atom stereocenters. The van der Waals surface area contributed by atoms with Gasteiger partial charge in [0.1, 0.15) is 5.52 Å². The van der Waals surface area contributed by atoms with E-state index in [0.717, 1.165) is 31.6 Å². The van der Waals surface area contributed by atoms with Gasteiger partial charge in [-0.2, -0.15) is 13.2 Å². The standard InChI is InChI=1S/C31H33F3N8O2/c1-39-12-14-41(15-13-39)30(44)23-9-7-22(8-10-23)27-37-28(35-19-21-4-2-5-24(18-21)31(32,33)34)26-29(38-27)42(20-36-26)17-16-40-11-3-6-25(40)43/h2,4-5,7-10,18,20H,3,6,11-17,19H2,1H3,(H,35,37,38). The molecule has 4 aromatic rings. The van der Waals surface area contributed by atoms with Crippen LogP contribution in [0.2, 0.25) is 0 Å². The van der Waals surface area contributed by atoms with Crippen molar-refractivity contribution in [2.75, 3.05) is 51.6 Å². The van der Waals surface area contributed by atoms with Crippen molar-refractivity contribution in [3.8, 4) is 11.4 Å². The minimum Gasteiger partial charge on any atom is -0.364 e. The second-order valence-electron chi connectivity index (χ2n) is 11.2. The van der Waals surface area contributed by atoms with Crippen molar-refractivity contribution in [2.45, 2.75) is 32.1 Å². The Morgan fingerprint density at radius 2 is 1.75 bits per heavy atom. The number of imidazole rings is 1. The van der Waals surface area contributed by atoms with Crippen molar-refractivity contribution in [3.63, 3.8) is 0 Å². The van der Waals surface area contributed by atoms with E-state index in [4.69, 9.17) is 9.97 Å². The molecule has 13 heteroatoms. The van der Waals surface area contributed by atoms with Crippen LogP contribution >= 0.6 is 0 Å². The molecule has 0 aliphatic carbocycles. The maximum absolute atomic E-state index is 13.3. The van der Waals surface area contributed by atoms with Gasteiger partial charge in [0.15, 0.2) is 17.3 Å². The Bertz CT molecular complexity index is 1660.